The summed E-state index contributed by atoms with van der Waals surface area (Å²) in [6, 6.07) is 26.5. The lowest BCUT2D eigenvalue weighted by Gasteiger charge is -2.38. The van der Waals surface area contributed by atoms with Crippen LogP contribution < -0.4 is 4.90 Å². The molecule has 4 nitrogen and oxygen atoms in total. The van der Waals surface area contributed by atoms with Gasteiger partial charge in [-0.3, -0.25) is 4.99 Å². The van der Waals surface area contributed by atoms with E-state index < -0.39 is 22.9 Å². The molecule has 2 unspecified atom stereocenters. The predicted molar refractivity (Wildman–Crippen MR) is 137 cm³/mol. The molecule has 5 heteroatoms. The number of nitrogens with zero attached hydrogens (tertiary/aromatic N) is 4. The number of para-hydroxylation sites is 1. The van der Waals surface area contributed by atoms with Gasteiger partial charge in [0, 0.05) is 10.6 Å². The van der Waals surface area contributed by atoms with Gasteiger partial charge < -0.3 is 4.90 Å². The number of rotatable bonds is 1. The summed E-state index contributed by atoms with van der Waals surface area (Å²) in [7, 11) is 0. The molecule has 0 spiro atoms. The lowest BCUT2D eigenvalue weighted by atomic mass is 9.68. The molecule has 2 heterocycles. The Kier molecular flexibility index (Phi) is 5.05. The standard InChI is InChI=1S/C29H25ClN4/c1-18-13-14-19(15-23(18)30)25-27(33-28(2,3)4)34-24-12-8-7-10-21(24)20-9-5-6-11-22(20)26(34)29(25,16-31)17-32/h5-15,25-26H,1-4H3. The molecule has 0 bridgehead atoms. The van der Waals surface area contributed by atoms with Gasteiger partial charge in [0.05, 0.1) is 35.3 Å². The number of anilines is 1. The fourth-order valence-electron chi connectivity index (χ4n) is 5.31. The van der Waals surface area contributed by atoms with E-state index in [1.807, 2.05) is 76.2 Å². The first kappa shape index (κ1) is 22.2. The smallest absolute Gasteiger partial charge is 0.182 e. The first-order chi connectivity index (χ1) is 16.2. The molecule has 0 aromatic heterocycles. The van der Waals surface area contributed by atoms with Gasteiger partial charge in [0.2, 0.25) is 0 Å². The van der Waals surface area contributed by atoms with Crippen molar-refractivity contribution in [2.45, 2.75) is 45.2 Å². The van der Waals surface area contributed by atoms with Crippen molar-refractivity contribution < 1.29 is 0 Å². The third kappa shape index (κ3) is 3.14. The molecular formula is C29H25ClN4. The summed E-state index contributed by atoms with van der Waals surface area (Å²) in [6.07, 6.45) is 0. The van der Waals surface area contributed by atoms with Crippen LogP contribution >= 0.6 is 11.6 Å². The number of fused-ring (bicyclic) bond motifs is 6. The molecule has 0 amide bonds. The maximum Gasteiger partial charge on any atom is 0.182 e. The SMILES string of the molecule is Cc1ccc(C2C(=NC(C)(C)C)N3c4ccccc4-c4ccccc4C3C2(C#N)C#N)cc1Cl. The molecule has 0 saturated carbocycles. The molecule has 168 valence electrons. The average Bonchev–Trinajstić information content (AvgIpc) is 3.10. The van der Waals surface area contributed by atoms with E-state index in [9.17, 15) is 10.5 Å². The van der Waals surface area contributed by atoms with E-state index >= 15 is 0 Å². The Hall–Kier alpha value is -3.60. The van der Waals surface area contributed by atoms with Gasteiger partial charge in [0.25, 0.3) is 0 Å². The lowest BCUT2D eigenvalue weighted by Crippen LogP contribution is -2.36. The van der Waals surface area contributed by atoms with Crippen LogP contribution in [0.2, 0.25) is 5.02 Å². The summed E-state index contributed by atoms with van der Waals surface area (Å²) in [5, 5.41) is 22.0. The van der Waals surface area contributed by atoms with Crippen molar-refractivity contribution in [3.63, 3.8) is 0 Å². The summed E-state index contributed by atoms with van der Waals surface area (Å²) >= 11 is 6.55. The van der Waals surface area contributed by atoms with Crippen molar-refractivity contribution in [2.24, 2.45) is 10.4 Å². The van der Waals surface area contributed by atoms with Crippen LogP contribution in [-0.2, 0) is 0 Å². The first-order valence-corrected chi connectivity index (χ1v) is 11.8. The van der Waals surface area contributed by atoms with E-state index in [-0.39, 0.29) is 0 Å². The topological polar surface area (TPSA) is 63.2 Å². The highest BCUT2D eigenvalue weighted by atomic mass is 35.5. The second-order valence-electron chi connectivity index (χ2n) is 10.1. The second kappa shape index (κ2) is 7.73. The van der Waals surface area contributed by atoms with Gasteiger partial charge >= 0.3 is 0 Å². The van der Waals surface area contributed by atoms with Crippen molar-refractivity contribution in [1.29, 1.82) is 10.5 Å². The number of aliphatic imine (C=N–C) groups is 1. The van der Waals surface area contributed by atoms with Crippen LogP contribution in [0.3, 0.4) is 0 Å². The van der Waals surface area contributed by atoms with E-state index in [0.717, 1.165) is 39.3 Å². The van der Waals surface area contributed by atoms with Gasteiger partial charge in [-0.1, -0.05) is 66.2 Å². The summed E-state index contributed by atoms with van der Waals surface area (Å²) in [5.74, 6) is 0.159. The molecule has 1 saturated heterocycles. The van der Waals surface area contributed by atoms with Crippen LogP contribution in [-0.4, -0.2) is 11.4 Å². The van der Waals surface area contributed by atoms with Crippen LogP contribution in [0.25, 0.3) is 11.1 Å². The van der Waals surface area contributed by atoms with E-state index in [1.165, 1.54) is 0 Å². The first-order valence-electron chi connectivity index (χ1n) is 11.4. The highest BCUT2D eigenvalue weighted by Crippen LogP contribution is 2.61. The number of amidine groups is 1. The van der Waals surface area contributed by atoms with Crippen LogP contribution in [0, 0.1) is 35.0 Å². The van der Waals surface area contributed by atoms with Crippen LogP contribution in [0.5, 0.6) is 0 Å². The highest BCUT2D eigenvalue weighted by molar-refractivity contribution is 6.31. The zero-order valence-electron chi connectivity index (χ0n) is 19.7. The predicted octanol–water partition coefficient (Wildman–Crippen LogP) is 7.20. The number of nitriles is 2. The van der Waals surface area contributed by atoms with Gasteiger partial charge in [-0.2, -0.15) is 10.5 Å². The molecule has 3 aromatic rings. The summed E-state index contributed by atoms with van der Waals surface area (Å²) < 4.78 is 0. The van der Waals surface area contributed by atoms with E-state index in [1.54, 1.807) is 0 Å². The molecule has 0 N–H and O–H groups in total. The highest BCUT2D eigenvalue weighted by Gasteiger charge is 2.62. The normalized spacial score (nSPS) is 21.3. The van der Waals surface area contributed by atoms with Crippen molar-refractivity contribution in [3.05, 3.63) is 88.4 Å². The van der Waals surface area contributed by atoms with Gasteiger partial charge in [0.15, 0.2) is 5.41 Å². The number of benzene rings is 3. The molecule has 3 aromatic carbocycles. The third-order valence-electron chi connectivity index (χ3n) is 6.71. The molecule has 34 heavy (non-hydrogen) atoms. The van der Waals surface area contributed by atoms with Crippen molar-refractivity contribution >= 4 is 23.1 Å². The summed E-state index contributed by atoms with van der Waals surface area (Å²) in [6.45, 7) is 8.06. The Morgan fingerprint density at radius 3 is 2.24 bits per heavy atom. The minimum Gasteiger partial charge on any atom is -0.319 e. The molecule has 0 radical (unpaired) electrons. The fraction of sp³-hybridized carbons (Fsp3) is 0.276. The molecule has 1 fully saturated rings. The molecule has 2 aliphatic heterocycles. The Morgan fingerprint density at radius 1 is 0.941 bits per heavy atom. The Morgan fingerprint density at radius 2 is 1.59 bits per heavy atom. The van der Waals surface area contributed by atoms with E-state index in [2.05, 4.69) is 35.2 Å². The Labute approximate surface area is 205 Å². The monoisotopic (exact) mass is 464 g/mol. The van der Waals surface area contributed by atoms with Gasteiger partial charge in [-0.05, 0) is 62.1 Å². The maximum atomic E-state index is 10.7. The second-order valence-corrected chi connectivity index (χ2v) is 10.5. The molecular weight excluding hydrogens is 440 g/mol. The summed E-state index contributed by atoms with van der Waals surface area (Å²) in [5.41, 5.74) is 4.01. The summed E-state index contributed by atoms with van der Waals surface area (Å²) in [4.78, 5) is 7.30. The Balaban J connectivity index is 1.91. The minimum absolute atomic E-state index is 0.417. The molecule has 5 rings (SSSR count). The Bertz CT molecular complexity index is 1400. The zero-order chi connectivity index (χ0) is 24.3. The number of hydrogen-bond acceptors (Lipinski definition) is 3. The molecule has 0 aliphatic carbocycles. The molecule has 2 atom stereocenters. The van der Waals surface area contributed by atoms with Gasteiger partial charge in [-0.25, -0.2) is 0 Å². The van der Waals surface area contributed by atoms with Crippen molar-refractivity contribution in [2.75, 3.05) is 4.90 Å². The van der Waals surface area contributed by atoms with E-state index in [0.29, 0.717) is 5.02 Å². The zero-order valence-corrected chi connectivity index (χ0v) is 20.4. The number of aryl methyl sites for hydroxylation is 1. The van der Waals surface area contributed by atoms with Gasteiger partial charge in [0.1, 0.15) is 5.84 Å². The van der Waals surface area contributed by atoms with Crippen molar-refractivity contribution in [3.8, 4) is 23.3 Å². The van der Waals surface area contributed by atoms with Crippen molar-refractivity contribution in [1.82, 2.24) is 0 Å². The van der Waals surface area contributed by atoms with E-state index in [4.69, 9.17) is 16.6 Å². The minimum atomic E-state index is -1.40. The maximum absolute atomic E-state index is 10.7. The van der Waals surface area contributed by atoms with Crippen LogP contribution in [0.4, 0.5) is 5.69 Å². The number of hydrogen-bond donors (Lipinski definition) is 0. The number of halogens is 1. The average molecular weight is 465 g/mol. The molecule has 2 aliphatic rings. The fourth-order valence-corrected chi connectivity index (χ4v) is 5.50. The van der Waals surface area contributed by atoms with Crippen LogP contribution in [0.15, 0.2) is 71.7 Å². The largest absolute Gasteiger partial charge is 0.319 e. The lowest BCUT2D eigenvalue weighted by molar-refractivity contribution is 0.437. The van der Waals surface area contributed by atoms with Crippen LogP contribution in [0.1, 0.15) is 49.4 Å². The van der Waals surface area contributed by atoms with Gasteiger partial charge in [-0.15, -0.1) is 0 Å². The quantitative estimate of drug-likeness (QED) is 0.382. The third-order valence-corrected chi connectivity index (χ3v) is 7.12.